The highest BCUT2D eigenvalue weighted by Crippen LogP contribution is 2.38. The molecule has 0 fully saturated rings. The molecule has 0 atom stereocenters. The monoisotopic (exact) mass is 437 g/mol. The molecular weight excluding hydrogens is 414 g/mol. The number of aryl methyl sites for hydroxylation is 1. The van der Waals surface area contributed by atoms with Gasteiger partial charge in [0.05, 0.1) is 18.1 Å². The molecule has 0 spiro atoms. The molecule has 0 saturated carbocycles. The minimum Gasteiger partial charge on any atom is -0.504 e. The topological polar surface area (TPSA) is 88.0 Å². The number of aromatic hydroxyl groups is 1. The number of hydrogen-bond acceptors (Lipinski definition) is 5. The van der Waals surface area contributed by atoms with E-state index in [2.05, 4.69) is 27.5 Å². The van der Waals surface area contributed by atoms with Gasteiger partial charge in [-0.05, 0) is 46.5 Å². The number of aromatic nitrogens is 4. The summed E-state index contributed by atoms with van der Waals surface area (Å²) in [6.45, 7) is 1.73. The maximum atomic E-state index is 11.1. The number of benzene rings is 3. The zero-order valence-corrected chi connectivity index (χ0v) is 18.4. The average molecular weight is 438 g/mol. The second-order valence-corrected chi connectivity index (χ2v) is 8.30. The number of fused-ring (bicyclic) bond motifs is 2. The van der Waals surface area contributed by atoms with Gasteiger partial charge in [-0.25, -0.2) is 4.98 Å². The first-order chi connectivity index (χ1) is 16.1. The number of hydrogen-bond donors (Lipinski definition) is 3. The van der Waals surface area contributed by atoms with E-state index in [0.717, 1.165) is 46.6 Å². The van der Waals surface area contributed by atoms with Gasteiger partial charge in [-0.1, -0.05) is 36.4 Å². The van der Waals surface area contributed by atoms with Gasteiger partial charge in [0.25, 0.3) is 0 Å². The van der Waals surface area contributed by atoms with Crippen LogP contribution in [0.15, 0.2) is 60.7 Å². The van der Waals surface area contributed by atoms with Gasteiger partial charge in [0.15, 0.2) is 11.6 Å². The molecule has 33 heavy (non-hydrogen) atoms. The predicted octanol–water partition coefficient (Wildman–Crippen LogP) is 4.61. The first kappa shape index (κ1) is 19.6. The molecule has 0 bridgehead atoms. The molecule has 1 aliphatic heterocycles. The lowest BCUT2D eigenvalue weighted by atomic mass is 10.0. The molecule has 0 aliphatic carbocycles. The summed E-state index contributed by atoms with van der Waals surface area (Å²) in [6.07, 6.45) is 0. The van der Waals surface area contributed by atoms with E-state index in [0.29, 0.717) is 17.2 Å². The second kappa shape index (κ2) is 7.50. The molecule has 7 nitrogen and oxygen atoms in total. The number of nitrogens with one attached hydrogen (secondary N) is 2. The third kappa shape index (κ3) is 3.25. The summed E-state index contributed by atoms with van der Waals surface area (Å²) in [5, 5.41) is 19.0. The lowest BCUT2D eigenvalue weighted by molar-refractivity contribution is 0.415. The van der Waals surface area contributed by atoms with Crippen LogP contribution in [0.3, 0.4) is 0 Å². The Morgan fingerprint density at radius 3 is 2.24 bits per heavy atom. The zero-order chi connectivity index (χ0) is 22.5. The Balaban J connectivity index is 1.35. The fraction of sp³-hybridized carbons (Fsp3) is 0.154. The van der Waals surface area contributed by atoms with Gasteiger partial charge in [0, 0.05) is 25.7 Å². The van der Waals surface area contributed by atoms with Gasteiger partial charge in [-0.2, -0.15) is 5.10 Å². The molecule has 164 valence electrons. The fourth-order valence-electron chi connectivity index (χ4n) is 4.49. The van der Waals surface area contributed by atoms with Crippen molar-refractivity contribution in [1.29, 1.82) is 0 Å². The van der Waals surface area contributed by atoms with E-state index in [1.165, 1.54) is 11.1 Å². The van der Waals surface area contributed by atoms with E-state index >= 15 is 0 Å². The molecule has 3 aromatic carbocycles. The quantitative estimate of drug-likeness (QED) is 0.382. The number of methoxy groups -OCH3 is 1. The highest BCUT2D eigenvalue weighted by Gasteiger charge is 2.22. The van der Waals surface area contributed by atoms with Crippen LogP contribution in [0.2, 0.25) is 0 Å². The van der Waals surface area contributed by atoms with Gasteiger partial charge in [0.2, 0.25) is 0 Å². The Hall–Kier alpha value is -4.10. The van der Waals surface area contributed by atoms with Gasteiger partial charge in [0.1, 0.15) is 17.1 Å². The molecule has 3 N–H and O–H groups in total. The van der Waals surface area contributed by atoms with Crippen molar-refractivity contribution in [3.8, 4) is 45.4 Å². The Morgan fingerprint density at radius 1 is 0.909 bits per heavy atom. The number of ether oxygens (including phenoxy) is 1. The Morgan fingerprint density at radius 2 is 1.55 bits per heavy atom. The summed E-state index contributed by atoms with van der Waals surface area (Å²) in [5.41, 5.74) is 8.51. The van der Waals surface area contributed by atoms with Gasteiger partial charge >= 0.3 is 0 Å². The minimum atomic E-state index is 0.114. The Kier molecular flexibility index (Phi) is 4.45. The molecule has 5 aromatic rings. The molecule has 1 aliphatic rings. The summed E-state index contributed by atoms with van der Waals surface area (Å²) < 4.78 is 6.91. The molecule has 0 saturated heterocycles. The SMILES string of the molecule is COc1ccc(-c2ccc(-c3nn(C)c(-c4nc5cc6c(cc5[nH]4)CNC6)c3O)cc2)cc1. The number of rotatable bonds is 4. The molecule has 0 amide bonds. The Bertz CT molecular complexity index is 1440. The van der Waals surface area contributed by atoms with Gasteiger partial charge in [-0.3, -0.25) is 4.68 Å². The van der Waals surface area contributed by atoms with Crippen LogP contribution in [-0.2, 0) is 20.1 Å². The van der Waals surface area contributed by atoms with E-state index in [4.69, 9.17) is 9.72 Å². The molecule has 2 aromatic heterocycles. The van der Waals surface area contributed by atoms with Crippen molar-refractivity contribution in [1.82, 2.24) is 25.1 Å². The number of aromatic amines is 1. The maximum absolute atomic E-state index is 11.1. The van der Waals surface area contributed by atoms with E-state index in [1.54, 1.807) is 11.8 Å². The van der Waals surface area contributed by atoms with Crippen LogP contribution in [-0.4, -0.2) is 32.0 Å². The first-order valence-electron chi connectivity index (χ1n) is 10.8. The molecule has 0 radical (unpaired) electrons. The molecule has 3 heterocycles. The summed E-state index contributed by atoms with van der Waals surface area (Å²) >= 11 is 0. The summed E-state index contributed by atoms with van der Waals surface area (Å²) in [5.74, 6) is 1.55. The van der Waals surface area contributed by atoms with Crippen molar-refractivity contribution in [3.63, 3.8) is 0 Å². The molecule has 7 heteroatoms. The molecule has 6 rings (SSSR count). The van der Waals surface area contributed by atoms with Crippen LogP contribution in [0, 0.1) is 0 Å². The highest BCUT2D eigenvalue weighted by atomic mass is 16.5. The standard InChI is InChI=1S/C26H23N5O2/c1-31-24(26-28-21-11-18-13-27-14-19(18)12-22(21)29-26)25(32)23(30-31)17-5-3-15(4-6-17)16-7-9-20(33-2)10-8-16/h3-12,27,32H,13-14H2,1-2H3,(H,28,29). The summed E-state index contributed by atoms with van der Waals surface area (Å²) in [4.78, 5) is 8.10. The first-order valence-corrected chi connectivity index (χ1v) is 10.8. The van der Waals surface area contributed by atoms with Crippen LogP contribution in [0.1, 0.15) is 11.1 Å². The van der Waals surface area contributed by atoms with E-state index in [-0.39, 0.29) is 5.75 Å². The van der Waals surface area contributed by atoms with Gasteiger partial charge in [-0.15, -0.1) is 0 Å². The zero-order valence-electron chi connectivity index (χ0n) is 18.4. The summed E-state index contributed by atoms with van der Waals surface area (Å²) in [7, 11) is 3.48. The van der Waals surface area contributed by atoms with Crippen molar-refractivity contribution in [2.75, 3.05) is 7.11 Å². The lowest BCUT2D eigenvalue weighted by Crippen LogP contribution is -1.99. The smallest absolute Gasteiger partial charge is 0.173 e. The maximum Gasteiger partial charge on any atom is 0.173 e. The predicted molar refractivity (Wildman–Crippen MR) is 128 cm³/mol. The van der Waals surface area contributed by atoms with Crippen molar-refractivity contribution in [2.24, 2.45) is 7.05 Å². The van der Waals surface area contributed by atoms with E-state index < -0.39 is 0 Å². The van der Waals surface area contributed by atoms with Crippen LogP contribution < -0.4 is 10.1 Å². The largest absolute Gasteiger partial charge is 0.504 e. The van der Waals surface area contributed by atoms with E-state index in [1.807, 2.05) is 55.6 Å². The van der Waals surface area contributed by atoms with Gasteiger partial charge < -0.3 is 20.1 Å². The number of imidazole rings is 1. The number of nitrogens with zero attached hydrogens (tertiary/aromatic N) is 3. The minimum absolute atomic E-state index is 0.114. The van der Waals surface area contributed by atoms with Crippen molar-refractivity contribution < 1.29 is 9.84 Å². The fourth-order valence-corrected chi connectivity index (χ4v) is 4.49. The second-order valence-electron chi connectivity index (χ2n) is 8.30. The van der Waals surface area contributed by atoms with E-state index in [9.17, 15) is 5.11 Å². The lowest BCUT2D eigenvalue weighted by Gasteiger charge is -2.05. The van der Waals surface area contributed by atoms with Crippen LogP contribution in [0.4, 0.5) is 0 Å². The normalized spacial score (nSPS) is 12.9. The molecule has 0 unspecified atom stereocenters. The van der Waals surface area contributed by atoms with Crippen LogP contribution >= 0.6 is 0 Å². The highest BCUT2D eigenvalue weighted by molar-refractivity contribution is 5.84. The van der Waals surface area contributed by atoms with Crippen molar-refractivity contribution in [2.45, 2.75) is 13.1 Å². The third-order valence-electron chi connectivity index (χ3n) is 6.26. The van der Waals surface area contributed by atoms with Crippen LogP contribution in [0.25, 0.3) is 44.9 Å². The number of H-pyrrole nitrogens is 1. The van der Waals surface area contributed by atoms with Crippen molar-refractivity contribution >= 4 is 11.0 Å². The molecular formula is C26H23N5O2. The summed E-state index contributed by atoms with van der Waals surface area (Å²) in [6, 6.07) is 20.2. The average Bonchev–Trinajstić information content (AvgIpc) is 3.54. The van der Waals surface area contributed by atoms with Crippen molar-refractivity contribution in [3.05, 3.63) is 71.8 Å². The third-order valence-corrected chi connectivity index (χ3v) is 6.26. The Labute approximate surface area is 190 Å². The van der Waals surface area contributed by atoms with Crippen LogP contribution in [0.5, 0.6) is 11.5 Å².